The van der Waals surface area contributed by atoms with Crippen LogP contribution in [-0.4, -0.2) is 49.6 Å². The van der Waals surface area contributed by atoms with Crippen molar-refractivity contribution in [1.29, 1.82) is 5.26 Å². The van der Waals surface area contributed by atoms with Crippen LogP contribution in [0.1, 0.15) is 26.2 Å². The molecule has 0 aromatic heterocycles. The van der Waals surface area contributed by atoms with Crippen molar-refractivity contribution in [2.45, 2.75) is 32.2 Å². The molecule has 5 nitrogen and oxygen atoms in total. The van der Waals surface area contributed by atoms with Gasteiger partial charge in [0.15, 0.2) is 0 Å². The molecule has 1 atom stereocenters. The predicted molar refractivity (Wildman–Crippen MR) is 66.4 cm³/mol. The zero-order chi connectivity index (χ0) is 12.5. The number of carbonyl (C=O) groups is 1. The average molecular weight is 238 g/mol. The van der Waals surface area contributed by atoms with Crippen molar-refractivity contribution < 1.29 is 4.79 Å². The highest BCUT2D eigenvalue weighted by Gasteiger charge is 2.15. The quantitative estimate of drug-likeness (QED) is 0.712. The SMILES string of the molecule is CCC(CC#N)NC(=O)CN1CCCNCC1. The fraction of sp³-hybridized carbons (Fsp3) is 0.833. The number of hydrogen-bond acceptors (Lipinski definition) is 4. The Bertz CT molecular complexity index is 266. The van der Waals surface area contributed by atoms with Crippen molar-refractivity contribution in [2.24, 2.45) is 0 Å². The van der Waals surface area contributed by atoms with Crippen molar-refractivity contribution >= 4 is 5.91 Å². The highest BCUT2D eigenvalue weighted by Crippen LogP contribution is 1.98. The molecule has 1 unspecified atom stereocenters. The summed E-state index contributed by atoms with van der Waals surface area (Å²) in [6.07, 6.45) is 2.29. The van der Waals surface area contributed by atoms with Crippen LogP contribution in [0.25, 0.3) is 0 Å². The maximum absolute atomic E-state index is 11.8. The van der Waals surface area contributed by atoms with Gasteiger partial charge in [0.25, 0.3) is 0 Å². The van der Waals surface area contributed by atoms with Gasteiger partial charge in [0.05, 0.1) is 19.0 Å². The predicted octanol–water partition coefficient (Wildman–Crippen LogP) is 0.0902. The van der Waals surface area contributed by atoms with E-state index in [4.69, 9.17) is 5.26 Å². The molecule has 1 fully saturated rings. The monoisotopic (exact) mass is 238 g/mol. The minimum Gasteiger partial charge on any atom is -0.351 e. The number of nitrogens with one attached hydrogen (secondary N) is 2. The van der Waals surface area contributed by atoms with Crippen molar-refractivity contribution in [3.05, 3.63) is 0 Å². The van der Waals surface area contributed by atoms with E-state index in [1.807, 2.05) is 6.92 Å². The second-order valence-corrected chi connectivity index (χ2v) is 4.41. The summed E-state index contributed by atoms with van der Waals surface area (Å²) in [5.74, 6) is 0.0361. The molecular formula is C12H22N4O. The van der Waals surface area contributed by atoms with E-state index in [-0.39, 0.29) is 11.9 Å². The normalized spacial score (nSPS) is 19.1. The third kappa shape index (κ3) is 5.66. The van der Waals surface area contributed by atoms with Gasteiger partial charge in [0, 0.05) is 19.1 Å². The van der Waals surface area contributed by atoms with E-state index in [2.05, 4.69) is 21.6 Å². The highest BCUT2D eigenvalue weighted by atomic mass is 16.2. The molecule has 1 amide bonds. The molecule has 0 spiro atoms. The summed E-state index contributed by atoms with van der Waals surface area (Å²) in [7, 11) is 0. The molecule has 5 heteroatoms. The standard InChI is InChI=1S/C12H22N4O/c1-2-11(4-5-13)15-12(17)10-16-8-3-6-14-7-9-16/h11,14H,2-4,6-10H2,1H3,(H,15,17). The number of nitrogens with zero attached hydrogens (tertiary/aromatic N) is 2. The molecule has 0 radical (unpaired) electrons. The summed E-state index contributed by atoms with van der Waals surface area (Å²) < 4.78 is 0. The molecule has 0 bridgehead atoms. The van der Waals surface area contributed by atoms with E-state index >= 15 is 0 Å². The molecule has 0 aliphatic carbocycles. The Labute approximate surface area is 103 Å². The zero-order valence-electron chi connectivity index (χ0n) is 10.5. The molecule has 0 saturated carbocycles. The van der Waals surface area contributed by atoms with Crippen molar-refractivity contribution in [3.8, 4) is 6.07 Å². The first-order valence-corrected chi connectivity index (χ1v) is 6.35. The Morgan fingerprint density at radius 2 is 2.35 bits per heavy atom. The van der Waals surface area contributed by atoms with Gasteiger partial charge in [-0.1, -0.05) is 6.92 Å². The van der Waals surface area contributed by atoms with E-state index in [1.54, 1.807) is 0 Å². The van der Waals surface area contributed by atoms with Crippen molar-refractivity contribution in [1.82, 2.24) is 15.5 Å². The molecule has 1 rings (SSSR count). The lowest BCUT2D eigenvalue weighted by atomic mass is 10.1. The largest absolute Gasteiger partial charge is 0.351 e. The maximum Gasteiger partial charge on any atom is 0.234 e. The van der Waals surface area contributed by atoms with Crippen molar-refractivity contribution in [3.63, 3.8) is 0 Å². The minimum atomic E-state index is -0.00222. The van der Waals surface area contributed by atoms with Crippen LogP contribution >= 0.6 is 0 Å². The Balaban J connectivity index is 2.29. The lowest BCUT2D eigenvalue weighted by molar-refractivity contribution is -0.122. The number of nitriles is 1. The van der Waals surface area contributed by atoms with Crippen LogP contribution in [0, 0.1) is 11.3 Å². The van der Waals surface area contributed by atoms with Crippen LogP contribution in [0.4, 0.5) is 0 Å². The van der Waals surface area contributed by atoms with Gasteiger partial charge < -0.3 is 10.6 Å². The first-order valence-electron chi connectivity index (χ1n) is 6.35. The van der Waals surface area contributed by atoms with Crippen LogP contribution in [0.5, 0.6) is 0 Å². The molecular weight excluding hydrogens is 216 g/mol. The lowest BCUT2D eigenvalue weighted by Crippen LogP contribution is -2.42. The molecule has 0 aromatic carbocycles. The molecule has 17 heavy (non-hydrogen) atoms. The highest BCUT2D eigenvalue weighted by molar-refractivity contribution is 5.78. The van der Waals surface area contributed by atoms with Gasteiger partial charge >= 0.3 is 0 Å². The van der Waals surface area contributed by atoms with Gasteiger partial charge in [-0.05, 0) is 25.9 Å². The van der Waals surface area contributed by atoms with E-state index in [0.29, 0.717) is 13.0 Å². The molecule has 1 aliphatic heterocycles. The molecule has 2 N–H and O–H groups in total. The first-order chi connectivity index (χ1) is 8.26. The van der Waals surface area contributed by atoms with Gasteiger partial charge in [-0.15, -0.1) is 0 Å². The van der Waals surface area contributed by atoms with Gasteiger partial charge in [-0.25, -0.2) is 0 Å². The summed E-state index contributed by atoms with van der Waals surface area (Å²) in [6.45, 7) is 6.30. The Hall–Kier alpha value is -1.12. The third-order valence-electron chi connectivity index (χ3n) is 3.00. The molecule has 1 aliphatic rings. The van der Waals surface area contributed by atoms with Crippen LogP contribution in [0.3, 0.4) is 0 Å². The van der Waals surface area contributed by atoms with E-state index in [0.717, 1.165) is 39.0 Å². The number of hydrogen-bond donors (Lipinski definition) is 2. The van der Waals surface area contributed by atoms with Crippen LogP contribution < -0.4 is 10.6 Å². The van der Waals surface area contributed by atoms with Gasteiger partial charge in [0.1, 0.15) is 0 Å². The summed E-state index contributed by atoms with van der Waals surface area (Å²) in [5.41, 5.74) is 0. The van der Waals surface area contributed by atoms with Crippen molar-refractivity contribution in [2.75, 3.05) is 32.7 Å². The summed E-state index contributed by atoms with van der Waals surface area (Å²) >= 11 is 0. The van der Waals surface area contributed by atoms with Crippen LogP contribution in [-0.2, 0) is 4.79 Å². The molecule has 0 aromatic rings. The van der Waals surface area contributed by atoms with Gasteiger partial charge in [0.2, 0.25) is 5.91 Å². The Morgan fingerprint density at radius 1 is 1.53 bits per heavy atom. The number of carbonyl (C=O) groups excluding carboxylic acids is 1. The molecule has 96 valence electrons. The van der Waals surface area contributed by atoms with Gasteiger partial charge in [-0.2, -0.15) is 5.26 Å². The Kier molecular flexibility index (Phi) is 6.60. The topological polar surface area (TPSA) is 68.2 Å². The first kappa shape index (κ1) is 13.9. The maximum atomic E-state index is 11.8. The van der Waals surface area contributed by atoms with E-state index < -0.39 is 0 Å². The number of amides is 1. The van der Waals surface area contributed by atoms with E-state index in [1.165, 1.54) is 0 Å². The van der Waals surface area contributed by atoms with E-state index in [9.17, 15) is 4.79 Å². The second kappa shape index (κ2) is 8.04. The lowest BCUT2D eigenvalue weighted by Gasteiger charge is -2.20. The number of rotatable bonds is 5. The third-order valence-corrected chi connectivity index (χ3v) is 3.00. The zero-order valence-corrected chi connectivity index (χ0v) is 10.5. The Morgan fingerprint density at radius 3 is 3.06 bits per heavy atom. The van der Waals surface area contributed by atoms with Gasteiger partial charge in [-0.3, -0.25) is 9.69 Å². The summed E-state index contributed by atoms with van der Waals surface area (Å²) in [6, 6.07) is 2.10. The fourth-order valence-electron chi connectivity index (χ4n) is 1.94. The molecule has 1 heterocycles. The fourth-order valence-corrected chi connectivity index (χ4v) is 1.94. The summed E-state index contributed by atoms with van der Waals surface area (Å²) in [5, 5.41) is 14.8. The smallest absolute Gasteiger partial charge is 0.234 e. The van der Waals surface area contributed by atoms with Crippen LogP contribution in [0.2, 0.25) is 0 Å². The second-order valence-electron chi connectivity index (χ2n) is 4.41. The summed E-state index contributed by atoms with van der Waals surface area (Å²) in [4.78, 5) is 13.9. The minimum absolute atomic E-state index is 0.00222. The van der Waals surface area contributed by atoms with Crippen LogP contribution in [0.15, 0.2) is 0 Å². The average Bonchev–Trinajstić information content (AvgIpc) is 2.57. The molecule has 1 saturated heterocycles.